The van der Waals surface area contributed by atoms with E-state index in [0.29, 0.717) is 0 Å². The Labute approximate surface area is 189 Å². The van der Waals surface area contributed by atoms with Crippen molar-refractivity contribution in [2.75, 3.05) is 13.2 Å². The second-order valence-electron chi connectivity index (χ2n) is 8.63. The van der Waals surface area contributed by atoms with E-state index in [1.54, 1.807) is 0 Å². The van der Waals surface area contributed by atoms with E-state index in [0.717, 1.165) is 0 Å². The molecule has 33 heavy (non-hydrogen) atoms. The lowest BCUT2D eigenvalue weighted by Crippen LogP contribution is -2.66. The highest BCUT2D eigenvalue weighted by atomic mass is 16.8. The lowest BCUT2D eigenvalue weighted by molar-refractivity contribution is -0.380. The summed E-state index contributed by atoms with van der Waals surface area (Å²) in [7, 11) is 0. The highest BCUT2D eigenvalue weighted by Gasteiger charge is 2.53. The molecule has 3 heterocycles. The molecular weight excluding hydrogens is 452 g/mol. The summed E-state index contributed by atoms with van der Waals surface area (Å²) >= 11 is 0. The van der Waals surface area contributed by atoms with Crippen LogP contribution < -0.4 is 0 Å². The van der Waals surface area contributed by atoms with Gasteiger partial charge in [0.15, 0.2) is 12.6 Å². The van der Waals surface area contributed by atoms with Crippen molar-refractivity contribution in [1.82, 2.24) is 0 Å². The van der Waals surface area contributed by atoms with Crippen LogP contribution in [0.15, 0.2) is 0 Å². The van der Waals surface area contributed by atoms with E-state index < -0.39 is 105 Å². The summed E-state index contributed by atoms with van der Waals surface area (Å²) in [5.41, 5.74) is 0. The second-order valence-corrected chi connectivity index (χ2v) is 8.63. The Balaban J connectivity index is 1.83. The number of aliphatic hydroxyl groups excluding tert-OH is 9. The molecule has 3 fully saturated rings. The van der Waals surface area contributed by atoms with Crippen LogP contribution in [0, 0.1) is 0 Å². The summed E-state index contributed by atoms with van der Waals surface area (Å²) < 4.78 is 27.6. The highest BCUT2D eigenvalue weighted by molar-refractivity contribution is 4.96. The molecule has 14 nitrogen and oxygen atoms in total. The Morgan fingerprint density at radius 3 is 1.64 bits per heavy atom. The SMILES string of the molecule is CC1OC(OC2C(OC3C(CO)OC(C)C(O)C3O)OC(CO)C(O)C2O)C(O)C(O)C1O. The fourth-order valence-corrected chi connectivity index (χ4v) is 4.19. The van der Waals surface area contributed by atoms with Crippen molar-refractivity contribution >= 4 is 0 Å². The first-order valence-corrected chi connectivity index (χ1v) is 10.8. The summed E-state index contributed by atoms with van der Waals surface area (Å²) in [5, 5.41) is 90.8. The lowest BCUT2D eigenvalue weighted by Gasteiger charge is -2.48. The highest BCUT2D eigenvalue weighted by Crippen LogP contribution is 2.32. The van der Waals surface area contributed by atoms with Gasteiger partial charge in [-0.2, -0.15) is 0 Å². The standard InChI is InChI=1S/C19H34O14/c1-5-10(23)13(26)16(8(4-21)29-5)32-19-17(14(27)11(24)7(3-20)31-19)33-18-15(28)12(25)9(22)6(2)30-18/h5-28H,3-4H2,1-2H3. The van der Waals surface area contributed by atoms with Gasteiger partial charge in [-0.1, -0.05) is 0 Å². The van der Waals surface area contributed by atoms with Crippen LogP contribution in [0.3, 0.4) is 0 Å². The zero-order valence-corrected chi connectivity index (χ0v) is 18.1. The van der Waals surface area contributed by atoms with Crippen LogP contribution in [-0.2, 0) is 23.7 Å². The molecule has 0 bridgehead atoms. The van der Waals surface area contributed by atoms with Crippen molar-refractivity contribution < 1.29 is 69.6 Å². The summed E-state index contributed by atoms with van der Waals surface area (Å²) in [4.78, 5) is 0. The van der Waals surface area contributed by atoms with Crippen molar-refractivity contribution in [3.05, 3.63) is 0 Å². The van der Waals surface area contributed by atoms with Gasteiger partial charge in [-0.15, -0.1) is 0 Å². The van der Waals surface area contributed by atoms with Gasteiger partial charge in [-0.25, -0.2) is 0 Å². The van der Waals surface area contributed by atoms with E-state index in [2.05, 4.69) is 0 Å². The van der Waals surface area contributed by atoms with Crippen LogP contribution in [0.1, 0.15) is 13.8 Å². The third-order valence-electron chi connectivity index (χ3n) is 6.32. The summed E-state index contributed by atoms with van der Waals surface area (Å²) in [5.74, 6) is 0. The van der Waals surface area contributed by atoms with E-state index in [9.17, 15) is 46.0 Å². The van der Waals surface area contributed by atoms with Crippen molar-refractivity contribution in [2.45, 2.75) is 106 Å². The van der Waals surface area contributed by atoms with E-state index in [4.69, 9.17) is 23.7 Å². The zero-order valence-electron chi connectivity index (χ0n) is 18.1. The Morgan fingerprint density at radius 2 is 1.03 bits per heavy atom. The van der Waals surface area contributed by atoms with Gasteiger partial charge < -0.3 is 69.6 Å². The number of rotatable bonds is 6. The van der Waals surface area contributed by atoms with E-state index >= 15 is 0 Å². The first-order valence-electron chi connectivity index (χ1n) is 10.8. The van der Waals surface area contributed by atoms with Gasteiger partial charge in [0.25, 0.3) is 0 Å². The van der Waals surface area contributed by atoms with Crippen molar-refractivity contribution in [2.24, 2.45) is 0 Å². The molecule has 3 rings (SSSR count). The van der Waals surface area contributed by atoms with Crippen LogP contribution >= 0.6 is 0 Å². The smallest absolute Gasteiger partial charge is 0.187 e. The van der Waals surface area contributed by atoms with Crippen LogP contribution in [0.25, 0.3) is 0 Å². The molecule has 0 spiro atoms. The molecule has 0 radical (unpaired) electrons. The Kier molecular flexibility index (Phi) is 9.02. The monoisotopic (exact) mass is 486 g/mol. The number of hydrogen-bond acceptors (Lipinski definition) is 14. The molecule has 14 heteroatoms. The molecule has 0 amide bonds. The van der Waals surface area contributed by atoms with Gasteiger partial charge in [0.05, 0.1) is 25.4 Å². The van der Waals surface area contributed by atoms with Crippen molar-refractivity contribution in [1.29, 1.82) is 0 Å². The quantitative estimate of drug-likeness (QED) is 0.171. The number of hydrogen-bond donors (Lipinski definition) is 9. The van der Waals surface area contributed by atoms with E-state index in [-0.39, 0.29) is 0 Å². The predicted molar refractivity (Wildman–Crippen MR) is 103 cm³/mol. The number of ether oxygens (including phenoxy) is 5. The molecule has 194 valence electrons. The van der Waals surface area contributed by atoms with Gasteiger partial charge in [-0.05, 0) is 13.8 Å². The van der Waals surface area contributed by atoms with Gasteiger partial charge in [0.2, 0.25) is 0 Å². The average Bonchev–Trinajstić information content (AvgIpc) is 2.80. The average molecular weight is 486 g/mol. The molecule has 0 aliphatic carbocycles. The normalized spacial score (nSPS) is 53.7. The molecule has 3 aliphatic rings. The fraction of sp³-hybridized carbons (Fsp3) is 1.00. The first kappa shape index (κ1) is 27.0. The zero-order chi connectivity index (χ0) is 24.6. The molecule has 0 aromatic heterocycles. The molecule has 15 atom stereocenters. The van der Waals surface area contributed by atoms with Gasteiger partial charge in [0.1, 0.15) is 67.1 Å². The van der Waals surface area contributed by atoms with E-state index in [1.807, 2.05) is 0 Å². The van der Waals surface area contributed by atoms with Gasteiger partial charge in [0, 0.05) is 0 Å². The van der Waals surface area contributed by atoms with Gasteiger partial charge >= 0.3 is 0 Å². The maximum Gasteiger partial charge on any atom is 0.187 e. The second kappa shape index (κ2) is 11.0. The van der Waals surface area contributed by atoms with Crippen LogP contribution in [0.2, 0.25) is 0 Å². The third kappa shape index (κ3) is 5.34. The minimum atomic E-state index is -1.76. The predicted octanol–water partition coefficient (Wildman–Crippen LogP) is -5.48. The summed E-state index contributed by atoms with van der Waals surface area (Å²) in [6.45, 7) is 1.58. The Morgan fingerprint density at radius 1 is 0.515 bits per heavy atom. The largest absolute Gasteiger partial charge is 0.394 e. The first-order chi connectivity index (χ1) is 15.5. The van der Waals surface area contributed by atoms with Crippen LogP contribution in [0.4, 0.5) is 0 Å². The molecule has 0 aromatic rings. The number of aliphatic hydroxyl groups is 9. The Bertz CT molecular complexity index is 623. The lowest BCUT2D eigenvalue weighted by atomic mass is 9.94. The molecule has 0 saturated carbocycles. The van der Waals surface area contributed by atoms with Crippen molar-refractivity contribution in [3.8, 4) is 0 Å². The molecule has 15 unspecified atom stereocenters. The third-order valence-corrected chi connectivity index (χ3v) is 6.32. The molecule has 0 aromatic carbocycles. The minimum absolute atomic E-state index is 0.600. The molecule has 3 aliphatic heterocycles. The molecule has 3 saturated heterocycles. The summed E-state index contributed by atoms with van der Waals surface area (Å²) in [6.07, 6.45) is -21.5. The topological polar surface area (TPSA) is 228 Å². The van der Waals surface area contributed by atoms with E-state index in [1.165, 1.54) is 13.8 Å². The Hall–Kier alpha value is -0.560. The molecule has 9 N–H and O–H groups in total. The molecular formula is C19H34O14. The van der Waals surface area contributed by atoms with Crippen LogP contribution in [-0.4, -0.2) is 151 Å². The fourth-order valence-electron chi connectivity index (χ4n) is 4.19. The van der Waals surface area contributed by atoms with Crippen LogP contribution in [0.5, 0.6) is 0 Å². The minimum Gasteiger partial charge on any atom is -0.394 e. The maximum absolute atomic E-state index is 10.6. The summed E-state index contributed by atoms with van der Waals surface area (Å²) in [6, 6.07) is 0. The van der Waals surface area contributed by atoms with Crippen molar-refractivity contribution in [3.63, 3.8) is 0 Å². The van der Waals surface area contributed by atoms with Gasteiger partial charge in [-0.3, -0.25) is 0 Å². The maximum atomic E-state index is 10.6.